The number of nitrogens with one attached hydrogen (secondary N) is 6. The van der Waals surface area contributed by atoms with Gasteiger partial charge in [0.05, 0.1) is 25.2 Å². The van der Waals surface area contributed by atoms with Gasteiger partial charge in [0.15, 0.2) is 0 Å². The molecule has 2 aromatic carbocycles. The first-order valence-corrected chi connectivity index (χ1v) is 17.5. The fraction of sp³-hybridized carbons (Fsp3) is 0.486. The molecule has 0 saturated heterocycles. The minimum atomic E-state index is -1.55. The van der Waals surface area contributed by atoms with Gasteiger partial charge in [0, 0.05) is 12.8 Å². The van der Waals surface area contributed by atoms with Gasteiger partial charge in [-0.15, -0.1) is 0 Å². The van der Waals surface area contributed by atoms with E-state index >= 15 is 0 Å². The normalized spacial score (nSPS) is 14.4. The van der Waals surface area contributed by atoms with Gasteiger partial charge in [0.1, 0.15) is 24.2 Å². The number of benzene rings is 2. The maximum Gasteiger partial charge on any atom is 0.326 e. The van der Waals surface area contributed by atoms with Gasteiger partial charge < -0.3 is 47.8 Å². The van der Waals surface area contributed by atoms with Crippen LogP contribution < -0.4 is 37.6 Å². The maximum atomic E-state index is 13.3. The summed E-state index contributed by atoms with van der Waals surface area (Å²) >= 11 is 0. The van der Waals surface area contributed by atoms with E-state index in [1.165, 1.54) is 6.92 Å². The van der Waals surface area contributed by atoms with Crippen LogP contribution in [0.25, 0.3) is 0 Å². The predicted molar refractivity (Wildman–Crippen MR) is 196 cm³/mol. The number of aliphatic hydroxyl groups excluding tert-OH is 1. The number of carboxylic acid groups (broad SMARTS) is 1. The molecule has 6 atom stereocenters. The molecule has 2 rings (SSSR count). The van der Waals surface area contributed by atoms with Crippen molar-refractivity contribution in [1.29, 1.82) is 0 Å². The first-order chi connectivity index (χ1) is 25.0. The molecule has 0 saturated carbocycles. The standard InChI is InChI=1S/C37H53N7O9/c1-21(2)16-26(42-35(50)31(38)22(3)4)33(48)39-19-29(46)41-27(17-24-12-8-6-9-13-24)34(49)40-20-30(47)44-32(23(5)45)36(51)43-28(37(52)53)18-25-14-10-7-11-15-25/h6-15,21-23,26-28,31-32,45H,16-20,38H2,1-5H3,(H,39,48)(H,40,49)(H,41,46)(H,42,50)(H,43,51)(H,44,47)(H,52,53)/t23-,26+,27+,28+,31+,32+/m1/s1. The Bertz CT molecular complexity index is 1540. The molecule has 0 aliphatic rings. The van der Waals surface area contributed by atoms with Crippen molar-refractivity contribution in [2.24, 2.45) is 17.6 Å². The van der Waals surface area contributed by atoms with E-state index in [9.17, 15) is 43.8 Å². The first kappa shape index (κ1) is 43.8. The smallest absolute Gasteiger partial charge is 0.326 e. The van der Waals surface area contributed by atoms with Crippen LogP contribution in [0.3, 0.4) is 0 Å². The summed E-state index contributed by atoms with van der Waals surface area (Å²) in [5.41, 5.74) is 7.26. The second-order valence-electron chi connectivity index (χ2n) is 13.6. The van der Waals surface area contributed by atoms with Gasteiger partial charge in [-0.25, -0.2) is 4.79 Å². The van der Waals surface area contributed by atoms with E-state index < -0.39 is 90.8 Å². The quantitative estimate of drug-likeness (QED) is 0.0765. The Morgan fingerprint density at radius 1 is 0.604 bits per heavy atom. The number of carbonyl (C=O) groups excluding carboxylic acids is 6. The number of aliphatic carboxylic acids is 1. The molecule has 0 heterocycles. The van der Waals surface area contributed by atoms with Crippen LogP contribution in [-0.4, -0.2) is 101 Å². The van der Waals surface area contributed by atoms with Crippen molar-refractivity contribution in [3.8, 4) is 0 Å². The lowest BCUT2D eigenvalue weighted by molar-refractivity contribution is -0.143. The van der Waals surface area contributed by atoms with Crippen molar-refractivity contribution in [1.82, 2.24) is 31.9 Å². The largest absolute Gasteiger partial charge is 0.480 e. The second kappa shape index (κ2) is 21.9. The van der Waals surface area contributed by atoms with Crippen LogP contribution in [0, 0.1) is 11.8 Å². The second-order valence-corrected chi connectivity index (χ2v) is 13.6. The molecule has 10 N–H and O–H groups in total. The Hall–Kier alpha value is -5.35. The number of hydrogen-bond acceptors (Lipinski definition) is 9. The molecule has 0 radical (unpaired) electrons. The van der Waals surface area contributed by atoms with Crippen molar-refractivity contribution < 1.29 is 43.8 Å². The topological polar surface area (TPSA) is 258 Å². The highest BCUT2D eigenvalue weighted by Gasteiger charge is 2.31. The molecule has 0 aliphatic heterocycles. The molecule has 53 heavy (non-hydrogen) atoms. The van der Waals surface area contributed by atoms with Gasteiger partial charge in [-0.1, -0.05) is 88.4 Å². The summed E-state index contributed by atoms with van der Waals surface area (Å²) in [4.78, 5) is 89.5. The molecule has 0 spiro atoms. The number of carbonyl (C=O) groups is 7. The van der Waals surface area contributed by atoms with Gasteiger partial charge in [0.25, 0.3) is 0 Å². The summed E-state index contributed by atoms with van der Waals surface area (Å²) in [5, 5.41) is 34.7. The molecule has 16 nitrogen and oxygen atoms in total. The van der Waals surface area contributed by atoms with Crippen molar-refractivity contribution in [3.05, 3.63) is 71.8 Å². The van der Waals surface area contributed by atoms with E-state index in [1.54, 1.807) is 74.5 Å². The monoisotopic (exact) mass is 739 g/mol. The minimum Gasteiger partial charge on any atom is -0.480 e. The minimum absolute atomic E-state index is 0.0177. The Labute approximate surface area is 309 Å². The zero-order valence-electron chi connectivity index (χ0n) is 30.8. The molecule has 290 valence electrons. The summed E-state index contributed by atoms with van der Waals surface area (Å²) in [6.45, 7) is 7.35. The third-order valence-electron chi connectivity index (χ3n) is 8.12. The first-order valence-electron chi connectivity index (χ1n) is 17.5. The summed E-state index contributed by atoms with van der Waals surface area (Å²) in [6.07, 6.45) is -1.17. The highest BCUT2D eigenvalue weighted by Crippen LogP contribution is 2.08. The molecule has 16 heteroatoms. The van der Waals surface area contributed by atoms with E-state index in [0.29, 0.717) is 11.1 Å². The maximum absolute atomic E-state index is 13.3. The number of amides is 6. The Kier molecular flexibility index (Phi) is 18.1. The molecule has 2 aromatic rings. The van der Waals surface area contributed by atoms with Crippen molar-refractivity contribution in [2.75, 3.05) is 13.1 Å². The number of aliphatic hydroxyl groups is 1. The van der Waals surface area contributed by atoms with Gasteiger partial charge in [-0.3, -0.25) is 28.8 Å². The number of rotatable bonds is 21. The van der Waals surface area contributed by atoms with Crippen LogP contribution in [0.4, 0.5) is 0 Å². The van der Waals surface area contributed by atoms with Crippen LogP contribution in [0.15, 0.2) is 60.7 Å². The fourth-order valence-electron chi connectivity index (χ4n) is 5.10. The number of carboxylic acids is 1. The molecular formula is C37H53N7O9. The average molecular weight is 740 g/mol. The lowest BCUT2D eigenvalue weighted by Gasteiger charge is -2.24. The van der Waals surface area contributed by atoms with E-state index in [4.69, 9.17) is 5.73 Å². The van der Waals surface area contributed by atoms with Crippen molar-refractivity contribution >= 4 is 41.4 Å². The van der Waals surface area contributed by atoms with Gasteiger partial charge in [-0.05, 0) is 36.3 Å². The Morgan fingerprint density at radius 3 is 1.51 bits per heavy atom. The third-order valence-corrected chi connectivity index (χ3v) is 8.12. The third kappa shape index (κ3) is 15.8. The Morgan fingerprint density at radius 2 is 1.06 bits per heavy atom. The molecule has 0 unspecified atom stereocenters. The van der Waals surface area contributed by atoms with Crippen molar-refractivity contribution in [2.45, 2.75) is 90.2 Å². The fourth-order valence-corrected chi connectivity index (χ4v) is 5.10. The summed E-state index contributed by atoms with van der Waals surface area (Å²) in [7, 11) is 0. The van der Waals surface area contributed by atoms with Crippen LogP contribution in [0.1, 0.15) is 52.2 Å². The van der Waals surface area contributed by atoms with Crippen LogP contribution in [0.2, 0.25) is 0 Å². The molecule has 0 aromatic heterocycles. The van der Waals surface area contributed by atoms with Crippen LogP contribution in [0.5, 0.6) is 0 Å². The summed E-state index contributed by atoms with van der Waals surface area (Å²) in [5.74, 6) is -5.86. The molecule has 0 bridgehead atoms. The number of nitrogens with two attached hydrogens (primary N) is 1. The van der Waals surface area contributed by atoms with Crippen LogP contribution >= 0.6 is 0 Å². The lowest BCUT2D eigenvalue weighted by Crippen LogP contribution is -2.58. The van der Waals surface area contributed by atoms with E-state index in [1.807, 2.05) is 13.8 Å². The van der Waals surface area contributed by atoms with Gasteiger partial charge >= 0.3 is 5.97 Å². The lowest BCUT2D eigenvalue weighted by atomic mass is 10.0. The van der Waals surface area contributed by atoms with Gasteiger partial charge in [0.2, 0.25) is 35.4 Å². The Balaban J connectivity index is 2.06. The van der Waals surface area contributed by atoms with Crippen molar-refractivity contribution in [3.63, 3.8) is 0 Å². The average Bonchev–Trinajstić information content (AvgIpc) is 3.10. The van der Waals surface area contributed by atoms with Crippen LogP contribution in [-0.2, 0) is 46.4 Å². The number of hydrogen-bond donors (Lipinski definition) is 9. The molecular weight excluding hydrogens is 686 g/mol. The van der Waals surface area contributed by atoms with E-state index in [2.05, 4.69) is 31.9 Å². The van der Waals surface area contributed by atoms with E-state index in [-0.39, 0.29) is 31.1 Å². The van der Waals surface area contributed by atoms with E-state index in [0.717, 1.165) is 0 Å². The zero-order chi connectivity index (χ0) is 39.7. The molecule has 0 aliphatic carbocycles. The zero-order valence-corrected chi connectivity index (χ0v) is 30.8. The molecule has 0 fully saturated rings. The van der Waals surface area contributed by atoms with Gasteiger partial charge in [-0.2, -0.15) is 0 Å². The predicted octanol–water partition coefficient (Wildman–Crippen LogP) is -0.862. The summed E-state index contributed by atoms with van der Waals surface area (Å²) in [6, 6.07) is 11.4. The highest BCUT2D eigenvalue weighted by atomic mass is 16.4. The highest BCUT2D eigenvalue weighted by molar-refractivity contribution is 5.95. The SMILES string of the molecule is CC(C)C[C@H](NC(=O)[C@@H](N)C(C)C)C(=O)NCC(=O)N[C@@H](Cc1ccccc1)C(=O)NCC(=O)N[C@H](C(=O)N[C@@H](Cc1ccccc1)C(=O)O)[C@@H](C)O. The molecule has 6 amide bonds. The summed E-state index contributed by atoms with van der Waals surface area (Å²) < 4.78 is 0.